The standard InChI is InChI=1S/C32H54N4O7/c1-21(2)16-14-12-10-8-7-9-11-13-15-17-22(3)29-24(5)31(41)34-23(4)18-19-26(38)36(6)20-25(37)35-27(32(42)43-29)28(39)30(33)40/h18-19,21-22,24,27-29,39H,4,7-17,20H2,1-3,5-6H3,(H2,33,40)(H,34,41)(H,35,37)/b19-18+. The molecule has 0 bridgehead atoms. The monoisotopic (exact) mass is 606 g/mol. The van der Waals surface area contributed by atoms with E-state index in [-0.39, 0.29) is 11.6 Å². The van der Waals surface area contributed by atoms with Crippen LogP contribution in [-0.4, -0.2) is 71.4 Å². The zero-order valence-electron chi connectivity index (χ0n) is 26.7. The van der Waals surface area contributed by atoms with E-state index in [1.165, 1.54) is 51.6 Å². The lowest BCUT2D eigenvalue weighted by Crippen LogP contribution is -2.57. The fourth-order valence-corrected chi connectivity index (χ4v) is 5.04. The molecule has 4 amide bonds. The predicted molar refractivity (Wildman–Crippen MR) is 165 cm³/mol. The number of aliphatic hydroxyl groups is 1. The minimum Gasteiger partial charge on any atom is -0.460 e. The van der Waals surface area contributed by atoms with E-state index >= 15 is 0 Å². The molecule has 1 aliphatic rings. The largest absolute Gasteiger partial charge is 0.460 e. The molecule has 11 heteroatoms. The SMILES string of the molecule is C=C1/C=C/C(=O)N(C)CC(=O)NC(C(O)C(N)=O)C(=O)OC(C(C)CCCCCCCCCCCC(C)C)C(C)C(=O)N1. The van der Waals surface area contributed by atoms with Crippen molar-refractivity contribution in [1.82, 2.24) is 15.5 Å². The number of primary amides is 1. The molecule has 5 atom stereocenters. The third-order valence-corrected chi connectivity index (χ3v) is 7.81. The number of carbonyl (C=O) groups is 5. The van der Waals surface area contributed by atoms with Crippen molar-refractivity contribution < 1.29 is 33.8 Å². The first-order chi connectivity index (χ1) is 20.2. The van der Waals surface area contributed by atoms with Crippen LogP contribution in [0.4, 0.5) is 0 Å². The maximum Gasteiger partial charge on any atom is 0.332 e. The van der Waals surface area contributed by atoms with Crippen LogP contribution in [0, 0.1) is 17.8 Å². The summed E-state index contributed by atoms with van der Waals surface area (Å²) in [7, 11) is 1.35. The van der Waals surface area contributed by atoms with Gasteiger partial charge in [-0.05, 0) is 24.3 Å². The van der Waals surface area contributed by atoms with E-state index < -0.39 is 60.3 Å². The number of nitrogens with zero attached hydrogens (tertiary/aromatic N) is 1. The van der Waals surface area contributed by atoms with Gasteiger partial charge in [0.15, 0.2) is 12.1 Å². The molecule has 11 nitrogen and oxygen atoms in total. The minimum absolute atomic E-state index is 0.151. The van der Waals surface area contributed by atoms with Gasteiger partial charge in [0.25, 0.3) is 0 Å². The fourth-order valence-electron chi connectivity index (χ4n) is 5.04. The number of unbranched alkanes of at least 4 members (excludes halogenated alkanes) is 8. The van der Waals surface area contributed by atoms with Crippen molar-refractivity contribution in [2.45, 2.75) is 117 Å². The summed E-state index contributed by atoms with van der Waals surface area (Å²) in [4.78, 5) is 64.1. The van der Waals surface area contributed by atoms with Gasteiger partial charge in [0, 0.05) is 18.8 Å². The van der Waals surface area contributed by atoms with E-state index in [0.29, 0.717) is 6.42 Å². The van der Waals surface area contributed by atoms with Crippen molar-refractivity contribution >= 4 is 29.6 Å². The number of cyclic esters (lactones) is 1. The molecule has 0 radical (unpaired) electrons. The van der Waals surface area contributed by atoms with Gasteiger partial charge in [0.2, 0.25) is 23.6 Å². The van der Waals surface area contributed by atoms with E-state index in [2.05, 4.69) is 31.1 Å². The molecule has 0 fully saturated rings. The number of nitrogens with one attached hydrogen (secondary N) is 2. The van der Waals surface area contributed by atoms with Crippen molar-refractivity contribution in [3.8, 4) is 0 Å². The van der Waals surface area contributed by atoms with E-state index in [9.17, 15) is 29.1 Å². The van der Waals surface area contributed by atoms with Crippen LogP contribution in [0.25, 0.3) is 0 Å². The summed E-state index contributed by atoms with van der Waals surface area (Å²) in [6.45, 7) is 11.3. The molecule has 5 N–H and O–H groups in total. The van der Waals surface area contributed by atoms with Gasteiger partial charge >= 0.3 is 5.97 Å². The van der Waals surface area contributed by atoms with Crippen LogP contribution in [-0.2, 0) is 28.7 Å². The van der Waals surface area contributed by atoms with Gasteiger partial charge in [0.1, 0.15) is 6.10 Å². The lowest BCUT2D eigenvalue weighted by atomic mass is 9.88. The van der Waals surface area contributed by atoms with Gasteiger partial charge < -0.3 is 31.1 Å². The van der Waals surface area contributed by atoms with Crippen molar-refractivity contribution in [2.75, 3.05) is 13.6 Å². The van der Waals surface area contributed by atoms with Crippen molar-refractivity contribution in [3.63, 3.8) is 0 Å². The number of amides is 4. The van der Waals surface area contributed by atoms with Crippen LogP contribution >= 0.6 is 0 Å². The highest BCUT2D eigenvalue weighted by molar-refractivity contribution is 5.95. The molecule has 0 aromatic rings. The number of ether oxygens (including phenoxy) is 1. The molecule has 0 aliphatic carbocycles. The highest BCUT2D eigenvalue weighted by Gasteiger charge is 2.39. The number of carbonyl (C=O) groups excluding carboxylic acids is 5. The van der Waals surface area contributed by atoms with Crippen LogP contribution in [0.2, 0.25) is 0 Å². The Kier molecular flexibility index (Phi) is 17.5. The van der Waals surface area contributed by atoms with Gasteiger partial charge in [-0.25, -0.2) is 4.79 Å². The van der Waals surface area contributed by atoms with Crippen LogP contribution in [0.15, 0.2) is 24.4 Å². The summed E-state index contributed by atoms with van der Waals surface area (Å²) in [5.74, 6) is -4.58. The molecule has 1 aliphatic heterocycles. The minimum atomic E-state index is -2.08. The highest BCUT2D eigenvalue weighted by atomic mass is 16.5. The lowest BCUT2D eigenvalue weighted by molar-refractivity contribution is -0.165. The van der Waals surface area contributed by atoms with E-state index in [0.717, 1.165) is 42.6 Å². The van der Waals surface area contributed by atoms with E-state index in [1.54, 1.807) is 6.92 Å². The van der Waals surface area contributed by atoms with Crippen molar-refractivity contribution in [3.05, 3.63) is 24.4 Å². The molecule has 1 rings (SSSR count). The number of hydrogen-bond donors (Lipinski definition) is 4. The zero-order valence-corrected chi connectivity index (χ0v) is 26.7. The van der Waals surface area contributed by atoms with E-state index in [1.807, 2.05) is 6.92 Å². The second-order valence-electron chi connectivity index (χ2n) is 12.3. The molecule has 0 aromatic heterocycles. The second-order valence-corrected chi connectivity index (χ2v) is 12.3. The second kappa shape index (κ2) is 19.9. The Labute approximate surface area is 257 Å². The lowest BCUT2D eigenvalue weighted by Gasteiger charge is -2.31. The Morgan fingerprint density at radius 2 is 1.53 bits per heavy atom. The molecule has 0 saturated heterocycles. The molecule has 0 spiro atoms. The van der Waals surface area contributed by atoms with Crippen LogP contribution in [0.3, 0.4) is 0 Å². The molecule has 0 aromatic carbocycles. The van der Waals surface area contributed by atoms with Crippen molar-refractivity contribution in [2.24, 2.45) is 23.5 Å². The Morgan fingerprint density at radius 1 is 1.00 bits per heavy atom. The first-order valence-corrected chi connectivity index (χ1v) is 15.6. The number of likely N-dealkylation sites (N-methyl/N-ethyl adjacent to an activating group) is 1. The third kappa shape index (κ3) is 14.7. The average molecular weight is 607 g/mol. The Bertz CT molecular complexity index is 981. The smallest absolute Gasteiger partial charge is 0.332 e. The van der Waals surface area contributed by atoms with Gasteiger partial charge in [-0.2, -0.15) is 0 Å². The number of nitrogens with two attached hydrogens (primary N) is 1. The summed E-state index contributed by atoms with van der Waals surface area (Å²) in [5, 5.41) is 15.2. The van der Waals surface area contributed by atoms with Crippen LogP contribution in [0.1, 0.15) is 98.3 Å². The third-order valence-electron chi connectivity index (χ3n) is 7.81. The maximum absolute atomic E-state index is 13.2. The number of rotatable bonds is 15. The molecule has 0 saturated carbocycles. The molecule has 43 heavy (non-hydrogen) atoms. The van der Waals surface area contributed by atoms with Crippen molar-refractivity contribution in [1.29, 1.82) is 0 Å². The van der Waals surface area contributed by atoms with Gasteiger partial charge in [-0.3, -0.25) is 19.2 Å². The predicted octanol–water partition coefficient (Wildman–Crippen LogP) is 3.11. The Balaban J connectivity index is 2.91. The Hall–Kier alpha value is -3.21. The number of allylic oxidation sites excluding steroid dienone is 1. The Morgan fingerprint density at radius 3 is 2.07 bits per heavy atom. The quantitative estimate of drug-likeness (QED) is 0.164. The normalized spacial score (nSPS) is 23.1. The topological polar surface area (TPSA) is 168 Å². The molecule has 1 heterocycles. The summed E-state index contributed by atoms with van der Waals surface area (Å²) in [6.07, 6.45) is 11.9. The zero-order chi connectivity index (χ0) is 32.5. The van der Waals surface area contributed by atoms with Crippen LogP contribution in [0.5, 0.6) is 0 Å². The highest BCUT2D eigenvalue weighted by Crippen LogP contribution is 2.25. The summed E-state index contributed by atoms with van der Waals surface area (Å²) < 4.78 is 5.73. The first kappa shape index (κ1) is 37.8. The maximum atomic E-state index is 13.2. The number of aliphatic hydroxyl groups excluding tert-OH is 1. The van der Waals surface area contributed by atoms with Gasteiger partial charge in [-0.15, -0.1) is 0 Å². The van der Waals surface area contributed by atoms with Gasteiger partial charge in [-0.1, -0.05) is 98.5 Å². The molecular formula is C32H54N4O7. The summed E-state index contributed by atoms with van der Waals surface area (Å²) in [6, 6.07) is -1.82. The first-order valence-electron chi connectivity index (χ1n) is 15.6. The molecule has 244 valence electrons. The summed E-state index contributed by atoms with van der Waals surface area (Å²) in [5.41, 5.74) is 5.38. The van der Waals surface area contributed by atoms with Gasteiger partial charge in [0.05, 0.1) is 12.5 Å². The molecule has 5 unspecified atom stereocenters. The number of esters is 1. The fraction of sp³-hybridized carbons (Fsp3) is 0.719. The van der Waals surface area contributed by atoms with Crippen LogP contribution < -0.4 is 16.4 Å². The molecular weight excluding hydrogens is 552 g/mol. The number of hydrogen-bond acceptors (Lipinski definition) is 7. The summed E-state index contributed by atoms with van der Waals surface area (Å²) >= 11 is 0. The average Bonchev–Trinajstić information content (AvgIpc) is 2.94. The van der Waals surface area contributed by atoms with E-state index in [4.69, 9.17) is 10.5 Å².